The van der Waals surface area contributed by atoms with Crippen LogP contribution in [0.3, 0.4) is 0 Å². The minimum atomic E-state index is 0.707. The third kappa shape index (κ3) is 1.72. The summed E-state index contributed by atoms with van der Waals surface area (Å²) in [5, 5.41) is 0. The predicted octanol–water partition coefficient (Wildman–Crippen LogP) is 1.59. The van der Waals surface area contributed by atoms with Crippen molar-refractivity contribution in [2.45, 2.75) is 45.1 Å². The molecule has 0 spiro atoms. The summed E-state index contributed by atoms with van der Waals surface area (Å²) < 4.78 is 0. The quantitative estimate of drug-likeness (QED) is 0.510. The molecule has 2 N–H and O–H groups in total. The second-order valence-corrected chi connectivity index (χ2v) is 4.43. The van der Waals surface area contributed by atoms with Gasteiger partial charge in [0.05, 0.1) is 0 Å². The number of likely N-dealkylation sites (tertiary alicyclic amines) is 1. The molecule has 1 aliphatic heterocycles. The first-order valence-corrected chi connectivity index (χ1v) is 5.89. The van der Waals surface area contributed by atoms with Crippen molar-refractivity contribution in [3.05, 3.63) is 0 Å². The first-order chi connectivity index (χ1) is 6.83. The molecule has 0 amide bonds. The van der Waals surface area contributed by atoms with Crippen molar-refractivity contribution in [3.8, 4) is 0 Å². The minimum absolute atomic E-state index is 0.707. The molecule has 2 rings (SSSR count). The van der Waals surface area contributed by atoms with E-state index in [-0.39, 0.29) is 0 Å². The zero-order valence-corrected chi connectivity index (χ0v) is 9.08. The van der Waals surface area contributed by atoms with E-state index in [0.717, 1.165) is 25.0 Å². The van der Waals surface area contributed by atoms with Crippen LogP contribution in [-0.4, -0.2) is 30.0 Å². The second kappa shape index (κ2) is 4.20. The Morgan fingerprint density at radius 1 is 1.36 bits per heavy atom. The van der Waals surface area contributed by atoms with Crippen LogP contribution < -0.4 is 5.73 Å². The Hall–Kier alpha value is -0.730. The number of hydrogen-bond donors (Lipinski definition) is 1. The fourth-order valence-electron chi connectivity index (χ4n) is 2.99. The zero-order chi connectivity index (χ0) is 9.97. The Labute approximate surface area is 86.4 Å². The lowest BCUT2D eigenvalue weighted by Gasteiger charge is -2.38. The Morgan fingerprint density at radius 2 is 2.14 bits per heavy atom. The van der Waals surface area contributed by atoms with Gasteiger partial charge in [-0.15, -0.1) is 0 Å². The molecule has 1 saturated carbocycles. The maximum Gasteiger partial charge on any atom is 0.191 e. The molecule has 1 aliphatic carbocycles. The van der Waals surface area contributed by atoms with Gasteiger partial charge in [0.2, 0.25) is 0 Å². The van der Waals surface area contributed by atoms with Gasteiger partial charge in [0.15, 0.2) is 5.96 Å². The van der Waals surface area contributed by atoms with Gasteiger partial charge in [-0.2, -0.15) is 0 Å². The molecule has 1 saturated heterocycles. The molecule has 1 heterocycles. The minimum Gasteiger partial charge on any atom is -0.370 e. The maximum absolute atomic E-state index is 5.99. The lowest BCUT2D eigenvalue weighted by Crippen LogP contribution is -2.49. The van der Waals surface area contributed by atoms with E-state index in [1.54, 1.807) is 0 Å². The lowest BCUT2D eigenvalue weighted by molar-refractivity contribution is 0.189. The molecular weight excluding hydrogens is 174 g/mol. The molecule has 2 atom stereocenters. The average Bonchev–Trinajstić information content (AvgIpc) is 2.65. The highest BCUT2D eigenvalue weighted by Crippen LogP contribution is 2.36. The molecule has 2 fully saturated rings. The Kier molecular flexibility index (Phi) is 2.94. The van der Waals surface area contributed by atoms with Crippen molar-refractivity contribution in [2.75, 3.05) is 13.1 Å². The highest BCUT2D eigenvalue weighted by atomic mass is 15.3. The number of hydrogen-bond acceptors (Lipinski definition) is 1. The lowest BCUT2D eigenvalue weighted by atomic mass is 9.92. The van der Waals surface area contributed by atoms with Crippen molar-refractivity contribution >= 4 is 5.96 Å². The summed E-state index contributed by atoms with van der Waals surface area (Å²) in [4.78, 5) is 6.68. The first kappa shape index (κ1) is 9.81. The summed E-state index contributed by atoms with van der Waals surface area (Å²) in [5.74, 6) is 1.68. The Balaban J connectivity index is 2.06. The summed E-state index contributed by atoms with van der Waals surface area (Å²) in [7, 11) is 0. The van der Waals surface area contributed by atoms with E-state index in [2.05, 4.69) is 9.89 Å². The third-order valence-electron chi connectivity index (χ3n) is 3.61. The van der Waals surface area contributed by atoms with Crippen molar-refractivity contribution in [1.82, 2.24) is 4.90 Å². The number of fused-ring (bicyclic) bond motifs is 1. The van der Waals surface area contributed by atoms with Crippen LogP contribution in [0.1, 0.15) is 39.0 Å². The monoisotopic (exact) mass is 195 g/mol. The van der Waals surface area contributed by atoms with Crippen LogP contribution in [0, 0.1) is 5.92 Å². The predicted molar refractivity (Wildman–Crippen MR) is 59.2 cm³/mol. The number of piperidine rings is 1. The molecule has 2 aliphatic rings. The van der Waals surface area contributed by atoms with Gasteiger partial charge in [-0.05, 0) is 38.5 Å². The molecule has 0 aromatic carbocycles. The third-order valence-corrected chi connectivity index (χ3v) is 3.61. The maximum atomic E-state index is 5.99. The number of rotatable bonds is 1. The van der Waals surface area contributed by atoms with Gasteiger partial charge >= 0.3 is 0 Å². The van der Waals surface area contributed by atoms with E-state index < -0.39 is 0 Å². The van der Waals surface area contributed by atoms with Gasteiger partial charge in [-0.25, -0.2) is 0 Å². The van der Waals surface area contributed by atoms with Crippen molar-refractivity contribution in [1.29, 1.82) is 0 Å². The van der Waals surface area contributed by atoms with E-state index in [0.29, 0.717) is 6.04 Å². The summed E-state index contributed by atoms with van der Waals surface area (Å²) >= 11 is 0. The van der Waals surface area contributed by atoms with E-state index in [1.807, 2.05) is 6.92 Å². The number of guanidine groups is 1. The second-order valence-electron chi connectivity index (χ2n) is 4.43. The summed E-state index contributed by atoms with van der Waals surface area (Å²) in [6.07, 6.45) is 6.80. The van der Waals surface area contributed by atoms with E-state index >= 15 is 0 Å². The molecule has 0 radical (unpaired) electrons. The van der Waals surface area contributed by atoms with Crippen LogP contribution in [0.15, 0.2) is 4.99 Å². The molecular formula is C11H21N3. The molecule has 80 valence electrons. The van der Waals surface area contributed by atoms with Crippen molar-refractivity contribution in [2.24, 2.45) is 16.6 Å². The Morgan fingerprint density at radius 3 is 2.93 bits per heavy atom. The molecule has 3 nitrogen and oxygen atoms in total. The molecule has 14 heavy (non-hydrogen) atoms. The molecule has 2 unspecified atom stereocenters. The number of aliphatic imine (C=N–C) groups is 1. The zero-order valence-electron chi connectivity index (χ0n) is 9.08. The van der Waals surface area contributed by atoms with Crippen LogP contribution in [0.4, 0.5) is 0 Å². The number of nitrogens with zero attached hydrogens (tertiary/aromatic N) is 2. The highest BCUT2D eigenvalue weighted by Gasteiger charge is 2.35. The summed E-state index contributed by atoms with van der Waals surface area (Å²) in [6, 6.07) is 0.707. The summed E-state index contributed by atoms with van der Waals surface area (Å²) in [6.45, 7) is 3.97. The molecule has 0 aromatic heterocycles. The molecule has 0 aromatic rings. The van der Waals surface area contributed by atoms with Gasteiger partial charge in [0.25, 0.3) is 0 Å². The normalized spacial score (nSPS) is 33.2. The van der Waals surface area contributed by atoms with E-state index in [4.69, 9.17) is 5.73 Å². The SMILES string of the molecule is CCN=C(N)N1CCCC2CCCC21. The fourth-order valence-corrected chi connectivity index (χ4v) is 2.99. The van der Waals surface area contributed by atoms with Crippen molar-refractivity contribution in [3.63, 3.8) is 0 Å². The highest BCUT2D eigenvalue weighted by molar-refractivity contribution is 5.78. The largest absolute Gasteiger partial charge is 0.370 e. The van der Waals surface area contributed by atoms with Crippen LogP contribution in [0.25, 0.3) is 0 Å². The van der Waals surface area contributed by atoms with Gasteiger partial charge < -0.3 is 10.6 Å². The van der Waals surface area contributed by atoms with Crippen LogP contribution in [-0.2, 0) is 0 Å². The smallest absolute Gasteiger partial charge is 0.191 e. The topological polar surface area (TPSA) is 41.6 Å². The van der Waals surface area contributed by atoms with Gasteiger partial charge in [0, 0.05) is 19.1 Å². The molecule has 3 heteroatoms. The van der Waals surface area contributed by atoms with Gasteiger partial charge in [-0.1, -0.05) is 6.42 Å². The van der Waals surface area contributed by atoms with E-state index in [1.165, 1.54) is 32.1 Å². The summed E-state index contributed by atoms with van der Waals surface area (Å²) in [5.41, 5.74) is 5.99. The van der Waals surface area contributed by atoms with Crippen molar-refractivity contribution < 1.29 is 0 Å². The standard InChI is InChI=1S/C11H21N3/c1-2-13-11(12)14-8-4-6-9-5-3-7-10(9)14/h9-10H,2-8H2,1H3,(H2,12,13). The number of nitrogens with two attached hydrogens (primary N) is 1. The van der Waals surface area contributed by atoms with Gasteiger partial charge in [0.1, 0.15) is 0 Å². The van der Waals surface area contributed by atoms with Crippen LogP contribution in [0.2, 0.25) is 0 Å². The van der Waals surface area contributed by atoms with E-state index in [9.17, 15) is 0 Å². The Bertz CT molecular complexity index is 225. The first-order valence-electron chi connectivity index (χ1n) is 5.89. The fraction of sp³-hybridized carbons (Fsp3) is 0.909. The average molecular weight is 195 g/mol. The van der Waals surface area contributed by atoms with Crippen LogP contribution in [0.5, 0.6) is 0 Å². The molecule has 0 bridgehead atoms. The van der Waals surface area contributed by atoms with Crippen LogP contribution >= 0.6 is 0 Å². The van der Waals surface area contributed by atoms with Gasteiger partial charge in [-0.3, -0.25) is 4.99 Å².